The number of esters is 1. The predicted molar refractivity (Wildman–Crippen MR) is 50.3 cm³/mol. The van der Waals surface area contributed by atoms with Gasteiger partial charge in [0.2, 0.25) is 0 Å². The van der Waals surface area contributed by atoms with Gasteiger partial charge in [-0.05, 0) is 38.0 Å². The fourth-order valence-corrected chi connectivity index (χ4v) is 3.08. The van der Waals surface area contributed by atoms with Crippen LogP contribution < -0.4 is 0 Å². The largest absolute Gasteiger partial charge is 0.459 e. The molecule has 0 aromatic heterocycles. The summed E-state index contributed by atoms with van der Waals surface area (Å²) in [5.41, 5.74) is -0.0486. The highest BCUT2D eigenvalue weighted by atomic mass is 16.6. The Morgan fingerprint density at radius 2 is 1.92 bits per heavy atom. The topological polar surface area (TPSA) is 26.3 Å². The number of hydrogen-bond donors (Lipinski definition) is 0. The molecule has 0 N–H and O–H groups in total. The van der Waals surface area contributed by atoms with Crippen LogP contribution >= 0.6 is 0 Å². The molecular weight excluding hydrogens is 164 g/mol. The first-order valence-electron chi connectivity index (χ1n) is 5.40. The normalized spacial score (nSPS) is 38.4. The summed E-state index contributed by atoms with van der Waals surface area (Å²) in [5, 5.41) is 0. The summed E-state index contributed by atoms with van der Waals surface area (Å²) in [5.74, 6) is 0.740. The van der Waals surface area contributed by atoms with Crippen molar-refractivity contribution in [3.63, 3.8) is 0 Å². The number of ether oxygens (including phenoxy) is 1. The van der Waals surface area contributed by atoms with E-state index in [9.17, 15) is 4.79 Å². The van der Waals surface area contributed by atoms with Crippen molar-refractivity contribution in [2.75, 3.05) is 0 Å². The Labute approximate surface area is 79.7 Å². The van der Waals surface area contributed by atoms with E-state index < -0.39 is 0 Å². The minimum atomic E-state index is -0.0949. The smallest absolute Gasteiger partial charge is 0.303 e. The minimum absolute atomic E-state index is 0.0486. The van der Waals surface area contributed by atoms with Crippen molar-refractivity contribution in [1.29, 1.82) is 0 Å². The number of carbonyl (C=O) groups is 1. The zero-order chi connectivity index (χ0) is 9.31. The molecule has 2 heteroatoms. The van der Waals surface area contributed by atoms with Gasteiger partial charge in [0.1, 0.15) is 5.60 Å². The number of hydrogen-bond acceptors (Lipinski definition) is 2. The molecule has 0 heterocycles. The van der Waals surface area contributed by atoms with Gasteiger partial charge in [-0.2, -0.15) is 0 Å². The Morgan fingerprint density at radius 3 is 2.46 bits per heavy atom. The van der Waals surface area contributed by atoms with Crippen LogP contribution in [0.4, 0.5) is 0 Å². The molecule has 2 nitrogen and oxygen atoms in total. The van der Waals surface area contributed by atoms with Crippen molar-refractivity contribution >= 4 is 5.97 Å². The lowest BCUT2D eigenvalue weighted by atomic mass is 9.69. The SMILES string of the molecule is CC(=O)OC12CCCC(CCC1)C2. The maximum Gasteiger partial charge on any atom is 0.303 e. The quantitative estimate of drug-likeness (QED) is 0.583. The van der Waals surface area contributed by atoms with Gasteiger partial charge in [-0.3, -0.25) is 4.79 Å². The Kier molecular flexibility index (Phi) is 2.31. The summed E-state index contributed by atoms with van der Waals surface area (Å²) >= 11 is 0. The summed E-state index contributed by atoms with van der Waals surface area (Å²) in [7, 11) is 0. The third-order valence-electron chi connectivity index (χ3n) is 3.51. The first-order valence-corrected chi connectivity index (χ1v) is 5.40. The molecule has 0 saturated heterocycles. The van der Waals surface area contributed by atoms with Gasteiger partial charge in [0.25, 0.3) is 0 Å². The van der Waals surface area contributed by atoms with Crippen LogP contribution in [0.5, 0.6) is 0 Å². The summed E-state index contributed by atoms with van der Waals surface area (Å²) in [6.07, 6.45) is 8.53. The van der Waals surface area contributed by atoms with Crippen LogP contribution in [0, 0.1) is 5.92 Å². The van der Waals surface area contributed by atoms with E-state index in [1.807, 2.05) is 0 Å². The molecule has 2 aliphatic carbocycles. The Hall–Kier alpha value is -0.530. The second-order valence-electron chi connectivity index (χ2n) is 4.63. The first-order chi connectivity index (χ1) is 6.20. The van der Waals surface area contributed by atoms with Gasteiger partial charge >= 0.3 is 5.97 Å². The maximum atomic E-state index is 11.0. The van der Waals surface area contributed by atoms with Crippen molar-refractivity contribution in [1.82, 2.24) is 0 Å². The van der Waals surface area contributed by atoms with E-state index in [0.29, 0.717) is 0 Å². The molecule has 0 aromatic rings. The van der Waals surface area contributed by atoms with Crippen molar-refractivity contribution in [2.45, 2.75) is 57.5 Å². The minimum Gasteiger partial charge on any atom is -0.459 e. The van der Waals surface area contributed by atoms with Crippen molar-refractivity contribution < 1.29 is 9.53 Å². The van der Waals surface area contributed by atoms with Gasteiger partial charge in [-0.15, -0.1) is 0 Å². The van der Waals surface area contributed by atoms with Crippen LogP contribution in [0.15, 0.2) is 0 Å². The highest BCUT2D eigenvalue weighted by molar-refractivity contribution is 5.66. The van der Waals surface area contributed by atoms with Crippen LogP contribution in [0.25, 0.3) is 0 Å². The molecular formula is C11H18O2. The molecule has 74 valence electrons. The lowest BCUT2D eigenvalue weighted by molar-refractivity contribution is -0.166. The Balaban J connectivity index is 2.05. The van der Waals surface area contributed by atoms with Gasteiger partial charge in [0.15, 0.2) is 0 Å². The van der Waals surface area contributed by atoms with E-state index in [2.05, 4.69) is 0 Å². The van der Waals surface area contributed by atoms with Crippen LogP contribution in [-0.2, 0) is 9.53 Å². The highest BCUT2D eigenvalue weighted by Crippen LogP contribution is 2.44. The van der Waals surface area contributed by atoms with Gasteiger partial charge in [-0.1, -0.05) is 12.8 Å². The van der Waals surface area contributed by atoms with Crippen LogP contribution in [-0.4, -0.2) is 11.6 Å². The van der Waals surface area contributed by atoms with Crippen LogP contribution in [0.2, 0.25) is 0 Å². The average molecular weight is 182 g/mol. The third-order valence-corrected chi connectivity index (χ3v) is 3.51. The summed E-state index contributed by atoms with van der Waals surface area (Å²) in [6.45, 7) is 1.53. The fourth-order valence-electron chi connectivity index (χ4n) is 3.08. The van der Waals surface area contributed by atoms with Crippen molar-refractivity contribution in [3.8, 4) is 0 Å². The molecule has 2 fully saturated rings. The maximum absolute atomic E-state index is 11.0. The molecule has 2 aliphatic rings. The lowest BCUT2D eigenvalue weighted by Gasteiger charge is -2.44. The van der Waals surface area contributed by atoms with Gasteiger partial charge in [-0.25, -0.2) is 0 Å². The summed E-state index contributed by atoms with van der Waals surface area (Å²) in [6, 6.07) is 0. The summed E-state index contributed by atoms with van der Waals surface area (Å²) in [4.78, 5) is 11.0. The zero-order valence-electron chi connectivity index (χ0n) is 8.34. The Morgan fingerprint density at radius 1 is 1.31 bits per heavy atom. The van der Waals surface area contributed by atoms with E-state index in [0.717, 1.165) is 25.2 Å². The molecule has 2 rings (SSSR count). The van der Waals surface area contributed by atoms with Gasteiger partial charge < -0.3 is 4.74 Å². The third kappa shape index (κ3) is 1.87. The molecule has 0 radical (unpaired) electrons. The van der Waals surface area contributed by atoms with Crippen LogP contribution in [0.1, 0.15) is 51.9 Å². The monoisotopic (exact) mass is 182 g/mol. The molecule has 0 amide bonds. The molecule has 0 atom stereocenters. The molecule has 0 aliphatic heterocycles. The first kappa shape index (κ1) is 9.04. The second-order valence-corrected chi connectivity index (χ2v) is 4.63. The predicted octanol–water partition coefficient (Wildman–Crippen LogP) is 2.66. The molecule has 0 aromatic carbocycles. The van der Waals surface area contributed by atoms with E-state index in [-0.39, 0.29) is 11.6 Å². The van der Waals surface area contributed by atoms with Crippen LogP contribution in [0.3, 0.4) is 0 Å². The highest BCUT2D eigenvalue weighted by Gasteiger charge is 2.41. The number of carbonyl (C=O) groups excluding carboxylic acids is 1. The van der Waals surface area contributed by atoms with E-state index in [1.54, 1.807) is 0 Å². The van der Waals surface area contributed by atoms with Crippen molar-refractivity contribution in [3.05, 3.63) is 0 Å². The van der Waals surface area contributed by atoms with Gasteiger partial charge in [0, 0.05) is 6.92 Å². The molecule has 13 heavy (non-hydrogen) atoms. The lowest BCUT2D eigenvalue weighted by Crippen LogP contribution is -2.42. The molecule has 0 spiro atoms. The molecule has 2 bridgehead atoms. The van der Waals surface area contributed by atoms with E-state index in [4.69, 9.17) is 4.74 Å². The van der Waals surface area contributed by atoms with E-state index >= 15 is 0 Å². The fraction of sp³-hybridized carbons (Fsp3) is 0.909. The van der Waals surface area contributed by atoms with E-state index in [1.165, 1.54) is 32.6 Å². The molecule has 2 saturated carbocycles. The summed E-state index contributed by atoms with van der Waals surface area (Å²) < 4.78 is 5.51. The standard InChI is InChI=1S/C11H18O2/c1-9(12)13-11-6-2-4-10(8-11)5-3-7-11/h10H,2-8H2,1H3. The molecule has 0 unspecified atom stereocenters. The van der Waals surface area contributed by atoms with Crippen molar-refractivity contribution in [2.24, 2.45) is 5.92 Å². The number of fused-ring (bicyclic) bond motifs is 2. The van der Waals surface area contributed by atoms with Gasteiger partial charge in [0.05, 0.1) is 0 Å². The average Bonchev–Trinajstić information content (AvgIpc) is 2.02. The Bertz CT molecular complexity index is 200. The zero-order valence-corrected chi connectivity index (χ0v) is 8.34. The number of rotatable bonds is 1. The second kappa shape index (κ2) is 3.32.